The molecule has 1 aromatic carbocycles. The van der Waals surface area contributed by atoms with Crippen LogP contribution in [0.4, 0.5) is 11.5 Å². The summed E-state index contributed by atoms with van der Waals surface area (Å²) in [6.07, 6.45) is 4.32. The van der Waals surface area contributed by atoms with Crippen LogP contribution in [0.25, 0.3) is 11.0 Å². The molecule has 0 radical (unpaired) electrons. The van der Waals surface area contributed by atoms with Crippen molar-refractivity contribution < 1.29 is 15.0 Å². The first-order valence-electron chi connectivity index (χ1n) is 7.20. The lowest BCUT2D eigenvalue weighted by atomic mass is 10.2. The van der Waals surface area contributed by atoms with Gasteiger partial charge in [-0.2, -0.15) is 0 Å². The molecule has 0 saturated heterocycles. The van der Waals surface area contributed by atoms with Crippen molar-refractivity contribution in [1.29, 1.82) is 0 Å². The van der Waals surface area contributed by atoms with Gasteiger partial charge in [0.05, 0.1) is 15.7 Å². The molecule has 0 bridgehead atoms. The fourth-order valence-corrected chi connectivity index (χ4v) is 3.81. The molecular weight excluding hydrogens is 397 g/mol. The maximum atomic E-state index is 13.1. The number of nitrogens with zero attached hydrogens (tertiary/aromatic N) is 4. The second-order valence-corrected chi connectivity index (χ2v) is 7.57. The Bertz CT molecular complexity index is 982. The van der Waals surface area contributed by atoms with E-state index in [1.54, 1.807) is 12.1 Å². The lowest BCUT2D eigenvalue weighted by Crippen LogP contribution is -2.16. The molecular formula is C14H13BrN5O3P. The van der Waals surface area contributed by atoms with Crippen LogP contribution < -0.4 is 10.6 Å². The van der Waals surface area contributed by atoms with Gasteiger partial charge in [-0.3, -0.25) is 14.5 Å². The van der Waals surface area contributed by atoms with Crippen LogP contribution in [-0.4, -0.2) is 34.2 Å². The Hall–Kier alpha value is -1.93. The number of hydrogen-bond donors (Lipinski definition) is 1. The fraction of sp³-hybridized carbons (Fsp3) is 0.143. The number of hydrogen-bond acceptors (Lipinski definition) is 8. The third-order valence-electron chi connectivity index (χ3n) is 3.25. The molecule has 0 aliphatic heterocycles. The third kappa shape index (κ3) is 3.03. The van der Waals surface area contributed by atoms with Gasteiger partial charge < -0.3 is 14.4 Å². The number of benzene rings is 1. The summed E-state index contributed by atoms with van der Waals surface area (Å²) in [6.45, 7) is 0. The maximum absolute atomic E-state index is 13.1. The topological polar surface area (TPSA) is 99.1 Å². The molecule has 8 nitrogen and oxygen atoms in total. The molecule has 0 amide bonds. The van der Waals surface area contributed by atoms with Gasteiger partial charge in [-0.05, 0) is 28.1 Å². The number of rotatable bonds is 5. The van der Waals surface area contributed by atoms with Crippen molar-refractivity contribution >= 4 is 51.4 Å². The van der Waals surface area contributed by atoms with Crippen molar-refractivity contribution in [2.75, 3.05) is 19.5 Å². The highest BCUT2D eigenvalue weighted by Crippen LogP contribution is 2.49. The molecule has 2 heterocycles. The Morgan fingerprint density at radius 3 is 2.71 bits per heavy atom. The first-order chi connectivity index (χ1) is 12.0. The normalized spacial score (nSPS) is 12.2. The summed E-state index contributed by atoms with van der Waals surface area (Å²) in [5, 5.41) is 3.27. The summed E-state index contributed by atoms with van der Waals surface area (Å²) in [6, 6.07) is 3.40. The van der Waals surface area contributed by atoms with E-state index in [0.29, 0.717) is 27.0 Å². The zero-order valence-electron chi connectivity index (χ0n) is 13.7. The van der Waals surface area contributed by atoms with E-state index in [2.05, 4.69) is 41.2 Å². The lowest BCUT2D eigenvalue weighted by Gasteiger charge is -2.19. The summed E-state index contributed by atoms with van der Waals surface area (Å²) >= 11 is 3.32. The average Bonchev–Trinajstić information content (AvgIpc) is 2.64. The first kappa shape index (κ1) is 15.6. The molecule has 0 atom stereocenters. The minimum atomic E-state index is -3.65. The van der Waals surface area contributed by atoms with Crippen molar-refractivity contribution in [3.8, 4) is 0 Å². The zero-order chi connectivity index (χ0) is 18.0. The van der Waals surface area contributed by atoms with E-state index in [1.165, 1.54) is 32.8 Å². The SMILES string of the molecule is [2H]c1ncc(Br)c(Nc2ccc3nccnc3c2P(=O)(OC)OC)n1. The summed E-state index contributed by atoms with van der Waals surface area (Å²) < 4.78 is 31.5. The van der Waals surface area contributed by atoms with Gasteiger partial charge in [-0.15, -0.1) is 0 Å². The average molecular weight is 411 g/mol. The summed E-state index contributed by atoms with van der Waals surface area (Å²) in [5.41, 5.74) is 1.34. The molecule has 3 rings (SSSR count). The monoisotopic (exact) mass is 410 g/mol. The van der Waals surface area contributed by atoms with Crippen molar-refractivity contribution in [2.24, 2.45) is 0 Å². The lowest BCUT2D eigenvalue weighted by molar-refractivity contribution is 0.287. The molecule has 2 aromatic heterocycles. The van der Waals surface area contributed by atoms with Gasteiger partial charge >= 0.3 is 7.60 Å². The molecule has 10 heteroatoms. The summed E-state index contributed by atoms with van der Waals surface area (Å²) in [4.78, 5) is 16.3. The third-order valence-corrected chi connectivity index (χ3v) is 5.79. The van der Waals surface area contributed by atoms with Gasteiger partial charge in [0.25, 0.3) is 0 Å². The minimum absolute atomic E-state index is 0.158. The first-order valence-corrected chi connectivity index (χ1v) is 9.04. The van der Waals surface area contributed by atoms with Crippen LogP contribution in [0.1, 0.15) is 1.37 Å². The van der Waals surface area contributed by atoms with Gasteiger partial charge in [0.2, 0.25) is 0 Å². The van der Waals surface area contributed by atoms with Gasteiger partial charge in [-0.25, -0.2) is 9.97 Å². The summed E-state index contributed by atoms with van der Waals surface area (Å²) in [7, 11) is -1.06. The van der Waals surface area contributed by atoms with Gasteiger partial charge in [0.1, 0.15) is 24.3 Å². The number of fused-ring (bicyclic) bond motifs is 1. The standard InChI is InChI=1S/C14H13BrN5O3P/c1-22-24(21,23-2)13-11(20-14-9(15)7-16-8-19-14)4-3-10-12(13)18-6-5-17-10/h3-8H,1-2H3,(H,16,19,20)/i8D. The zero-order valence-corrected chi connectivity index (χ0v) is 15.2. The van der Waals surface area contributed by atoms with Crippen LogP contribution in [0.2, 0.25) is 0 Å². The fourth-order valence-electron chi connectivity index (χ4n) is 2.15. The predicted octanol–water partition coefficient (Wildman–Crippen LogP) is 3.04. The van der Waals surface area contributed by atoms with Crippen LogP contribution in [-0.2, 0) is 13.6 Å². The quantitative estimate of drug-likeness (QED) is 0.640. The van der Waals surface area contributed by atoms with E-state index in [4.69, 9.17) is 10.4 Å². The molecule has 0 aliphatic carbocycles. The van der Waals surface area contributed by atoms with Gasteiger partial charge in [0, 0.05) is 32.8 Å². The highest BCUT2D eigenvalue weighted by Gasteiger charge is 2.31. The van der Waals surface area contributed by atoms with E-state index < -0.39 is 7.60 Å². The van der Waals surface area contributed by atoms with Crippen LogP contribution in [0.5, 0.6) is 0 Å². The molecule has 0 saturated carbocycles. The van der Waals surface area contributed by atoms with E-state index >= 15 is 0 Å². The second-order valence-electron chi connectivity index (χ2n) is 4.54. The van der Waals surface area contributed by atoms with Crippen molar-refractivity contribution in [3.63, 3.8) is 0 Å². The molecule has 0 aliphatic rings. The maximum Gasteiger partial charge on any atom is 0.365 e. The van der Waals surface area contributed by atoms with Crippen molar-refractivity contribution in [2.45, 2.75) is 0 Å². The van der Waals surface area contributed by atoms with Gasteiger partial charge in [-0.1, -0.05) is 0 Å². The molecule has 1 N–H and O–H groups in total. The largest absolute Gasteiger partial charge is 0.365 e. The molecule has 3 aromatic rings. The smallest absolute Gasteiger partial charge is 0.338 e. The van der Waals surface area contributed by atoms with Crippen LogP contribution in [0.3, 0.4) is 0 Å². The van der Waals surface area contributed by atoms with E-state index in [-0.39, 0.29) is 11.6 Å². The van der Waals surface area contributed by atoms with Crippen LogP contribution in [0.15, 0.2) is 41.5 Å². The Morgan fingerprint density at radius 2 is 1.96 bits per heavy atom. The number of nitrogens with one attached hydrogen (secondary N) is 1. The van der Waals surface area contributed by atoms with Gasteiger partial charge in [0.15, 0.2) is 0 Å². The molecule has 0 unspecified atom stereocenters. The van der Waals surface area contributed by atoms with Crippen LogP contribution in [0, 0.1) is 0 Å². The molecule has 0 spiro atoms. The van der Waals surface area contributed by atoms with Crippen molar-refractivity contribution in [1.82, 2.24) is 19.9 Å². The number of halogens is 1. The number of anilines is 2. The highest BCUT2D eigenvalue weighted by atomic mass is 79.9. The van der Waals surface area contributed by atoms with E-state index in [0.717, 1.165) is 0 Å². The molecule has 0 fully saturated rings. The highest BCUT2D eigenvalue weighted by molar-refractivity contribution is 9.10. The Labute approximate surface area is 147 Å². The van der Waals surface area contributed by atoms with Crippen molar-refractivity contribution in [3.05, 3.63) is 41.5 Å². The predicted molar refractivity (Wildman–Crippen MR) is 93.8 cm³/mol. The Balaban J connectivity index is 2.24. The Morgan fingerprint density at radius 1 is 1.21 bits per heavy atom. The Kier molecular flexibility index (Phi) is 4.48. The molecule has 24 heavy (non-hydrogen) atoms. The second kappa shape index (κ2) is 6.90. The van der Waals surface area contributed by atoms with E-state index in [9.17, 15) is 4.57 Å². The summed E-state index contributed by atoms with van der Waals surface area (Å²) in [5.74, 6) is 0.336. The number of aromatic nitrogens is 4. The minimum Gasteiger partial charge on any atom is -0.338 e. The van der Waals surface area contributed by atoms with Crippen LogP contribution >= 0.6 is 23.5 Å². The molecule has 124 valence electrons. The van der Waals surface area contributed by atoms with E-state index in [1.807, 2.05) is 0 Å².